The molecule has 0 aromatic heterocycles. The lowest BCUT2D eigenvalue weighted by Gasteiger charge is -2.31. The van der Waals surface area contributed by atoms with Crippen molar-refractivity contribution in [3.63, 3.8) is 0 Å². The molecule has 0 saturated heterocycles. The Kier molecular flexibility index (Phi) is 8.94. The largest absolute Gasteiger partial charge is 0.481 e. The summed E-state index contributed by atoms with van der Waals surface area (Å²) in [5.74, 6) is -3.90. The van der Waals surface area contributed by atoms with E-state index in [9.17, 15) is 29.7 Å². The van der Waals surface area contributed by atoms with Crippen LogP contribution in [0.2, 0.25) is 0 Å². The molecule has 0 amide bonds. The topological polar surface area (TPSA) is 135 Å². The number of carboxylic acid groups (broad SMARTS) is 3. The second-order valence-corrected chi connectivity index (χ2v) is 5.87. The van der Waals surface area contributed by atoms with E-state index < -0.39 is 29.7 Å². The van der Waals surface area contributed by atoms with Gasteiger partial charge in [-0.05, 0) is 39.9 Å². The Bertz CT molecular complexity index is 525. The van der Waals surface area contributed by atoms with E-state index in [4.69, 9.17) is 5.11 Å². The van der Waals surface area contributed by atoms with E-state index >= 15 is 0 Å². The molecule has 0 radical (unpaired) electrons. The first kappa shape index (κ1) is 21.8. The third kappa shape index (κ3) is 6.93. The first-order chi connectivity index (χ1) is 11.1. The quantitative estimate of drug-likeness (QED) is 0.383. The Balaban J connectivity index is 6.08. The van der Waals surface area contributed by atoms with E-state index in [1.807, 2.05) is 0 Å². The summed E-state index contributed by atoms with van der Waals surface area (Å²) < 4.78 is 0. The van der Waals surface area contributed by atoms with E-state index in [1.54, 1.807) is 19.0 Å². The summed E-state index contributed by atoms with van der Waals surface area (Å²) in [4.78, 5) is 35.9. The zero-order valence-corrected chi connectivity index (χ0v) is 14.0. The summed E-state index contributed by atoms with van der Waals surface area (Å²) in [6.45, 7) is 3.60. The van der Waals surface area contributed by atoms with Crippen molar-refractivity contribution in [3.05, 3.63) is 23.8 Å². The van der Waals surface area contributed by atoms with Gasteiger partial charge in [0.25, 0.3) is 0 Å². The van der Waals surface area contributed by atoms with Gasteiger partial charge in [-0.15, -0.1) is 0 Å². The van der Waals surface area contributed by atoms with Crippen molar-refractivity contribution in [2.45, 2.75) is 25.7 Å². The van der Waals surface area contributed by atoms with Crippen molar-refractivity contribution in [2.75, 3.05) is 27.2 Å². The van der Waals surface area contributed by atoms with E-state index in [0.29, 0.717) is 6.54 Å². The summed E-state index contributed by atoms with van der Waals surface area (Å²) >= 11 is 0. The van der Waals surface area contributed by atoms with Gasteiger partial charge in [0.1, 0.15) is 0 Å². The SMILES string of the molecule is C=C(C(=O)O)C(C=C(CCCO)C(=O)O)(CCN(C)C)CC(=O)O. The molecule has 0 heterocycles. The Morgan fingerprint density at radius 1 is 1.12 bits per heavy atom. The maximum Gasteiger partial charge on any atom is 0.331 e. The third-order valence-corrected chi connectivity index (χ3v) is 3.66. The van der Waals surface area contributed by atoms with Gasteiger partial charge in [0.2, 0.25) is 0 Å². The van der Waals surface area contributed by atoms with Crippen LogP contribution in [0.1, 0.15) is 25.7 Å². The lowest BCUT2D eigenvalue weighted by Crippen LogP contribution is -2.33. The van der Waals surface area contributed by atoms with Crippen LogP contribution in [-0.4, -0.2) is 70.5 Å². The molecule has 0 saturated carbocycles. The Labute approximate surface area is 140 Å². The zero-order chi connectivity index (χ0) is 18.9. The molecule has 0 bridgehead atoms. The number of hydrogen-bond acceptors (Lipinski definition) is 5. The fourth-order valence-corrected chi connectivity index (χ4v) is 2.31. The molecule has 4 N–H and O–H groups in total. The van der Waals surface area contributed by atoms with Crippen LogP contribution in [-0.2, 0) is 14.4 Å². The fourth-order valence-electron chi connectivity index (χ4n) is 2.31. The van der Waals surface area contributed by atoms with Gasteiger partial charge < -0.3 is 25.3 Å². The van der Waals surface area contributed by atoms with Gasteiger partial charge in [-0.2, -0.15) is 0 Å². The van der Waals surface area contributed by atoms with Gasteiger partial charge >= 0.3 is 17.9 Å². The lowest BCUT2D eigenvalue weighted by molar-refractivity contribution is -0.140. The first-order valence-corrected chi connectivity index (χ1v) is 7.41. The summed E-state index contributed by atoms with van der Waals surface area (Å²) in [7, 11) is 3.48. The van der Waals surface area contributed by atoms with E-state index in [0.717, 1.165) is 0 Å². The average molecular weight is 343 g/mol. The highest BCUT2D eigenvalue weighted by Crippen LogP contribution is 2.38. The molecule has 8 nitrogen and oxygen atoms in total. The predicted octanol–water partition coefficient (Wildman–Crippen LogP) is 0.824. The van der Waals surface area contributed by atoms with Crippen molar-refractivity contribution in [1.29, 1.82) is 0 Å². The molecule has 0 aliphatic rings. The number of nitrogens with zero attached hydrogens (tertiary/aromatic N) is 1. The number of aliphatic carboxylic acids is 3. The summed E-state index contributed by atoms with van der Waals surface area (Å²) in [5, 5.41) is 36.7. The minimum absolute atomic E-state index is 0.00205. The molecule has 1 unspecified atom stereocenters. The normalized spacial score (nSPS) is 14.2. The van der Waals surface area contributed by atoms with Gasteiger partial charge in [-0.25, -0.2) is 9.59 Å². The first-order valence-electron chi connectivity index (χ1n) is 7.41. The highest BCUT2D eigenvalue weighted by atomic mass is 16.4. The molecule has 1 atom stereocenters. The number of carbonyl (C=O) groups is 3. The monoisotopic (exact) mass is 343 g/mol. The second-order valence-electron chi connectivity index (χ2n) is 5.87. The van der Waals surface area contributed by atoms with Crippen molar-refractivity contribution in [3.8, 4) is 0 Å². The van der Waals surface area contributed by atoms with Crippen LogP contribution in [0.15, 0.2) is 23.8 Å². The molecule has 0 aromatic carbocycles. The van der Waals surface area contributed by atoms with E-state index in [2.05, 4.69) is 6.58 Å². The number of carboxylic acids is 3. The van der Waals surface area contributed by atoms with Crippen molar-refractivity contribution < 1.29 is 34.8 Å². The smallest absolute Gasteiger partial charge is 0.331 e. The molecule has 0 fully saturated rings. The lowest BCUT2D eigenvalue weighted by atomic mass is 9.73. The van der Waals surface area contributed by atoms with Crippen LogP contribution in [0, 0.1) is 5.41 Å². The van der Waals surface area contributed by atoms with Gasteiger partial charge in [0.15, 0.2) is 0 Å². The minimum atomic E-state index is -1.52. The molecular weight excluding hydrogens is 318 g/mol. The van der Waals surface area contributed by atoms with Crippen LogP contribution >= 0.6 is 0 Å². The van der Waals surface area contributed by atoms with Crippen LogP contribution in [0.3, 0.4) is 0 Å². The highest BCUT2D eigenvalue weighted by Gasteiger charge is 2.38. The maximum absolute atomic E-state index is 11.4. The molecule has 136 valence electrons. The molecule has 0 spiro atoms. The average Bonchev–Trinajstić information content (AvgIpc) is 2.47. The Hall–Kier alpha value is -2.19. The Morgan fingerprint density at radius 2 is 1.71 bits per heavy atom. The van der Waals surface area contributed by atoms with Crippen LogP contribution < -0.4 is 0 Å². The zero-order valence-electron chi connectivity index (χ0n) is 14.0. The number of allylic oxidation sites excluding steroid dienone is 1. The molecule has 8 heteroatoms. The minimum Gasteiger partial charge on any atom is -0.481 e. The molecular formula is C16H25NO7. The molecule has 0 aliphatic heterocycles. The highest BCUT2D eigenvalue weighted by molar-refractivity contribution is 5.91. The van der Waals surface area contributed by atoms with Crippen molar-refractivity contribution in [1.82, 2.24) is 4.90 Å². The van der Waals surface area contributed by atoms with Crippen LogP contribution in [0.5, 0.6) is 0 Å². The second kappa shape index (κ2) is 9.84. The fraction of sp³-hybridized carbons (Fsp3) is 0.562. The summed E-state index contributed by atoms with van der Waals surface area (Å²) in [6.07, 6.45) is 0.866. The number of hydrogen-bond donors (Lipinski definition) is 4. The number of aliphatic hydroxyl groups is 1. The van der Waals surface area contributed by atoms with Crippen molar-refractivity contribution >= 4 is 17.9 Å². The number of rotatable bonds is 12. The predicted molar refractivity (Wildman–Crippen MR) is 86.7 cm³/mol. The molecule has 24 heavy (non-hydrogen) atoms. The number of aliphatic hydroxyl groups excluding tert-OH is 1. The van der Waals surface area contributed by atoms with Gasteiger partial charge in [0, 0.05) is 23.2 Å². The van der Waals surface area contributed by atoms with Gasteiger partial charge in [0.05, 0.1) is 6.42 Å². The van der Waals surface area contributed by atoms with Crippen molar-refractivity contribution in [2.24, 2.45) is 5.41 Å². The molecule has 0 aliphatic carbocycles. The van der Waals surface area contributed by atoms with Crippen LogP contribution in [0.4, 0.5) is 0 Å². The Morgan fingerprint density at radius 3 is 2.08 bits per heavy atom. The standard InChI is InChI=1S/C16H25NO7/c1-11(14(21)22)16(10-13(19)20,6-7-17(2)3)9-12(15(23)24)5-4-8-18/h9,18H,1,4-8,10H2,2-3H3,(H,19,20)(H,21,22)(H,23,24). The van der Waals surface area contributed by atoms with Gasteiger partial charge in [-0.3, -0.25) is 4.79 Å². The summed E-state index contributed by atoms with van der Waals surface area (Å²) in [5.41, 5.74) is -2.02. The summed E-state index contributed by atoms with van der Waals surface area (Å²) in [6, 6.07) is 0. The molecule has 0 rings (SSSR count). The van der Waals surface area contributed by atoms with E-state index in [-0.39, 0.29) is 37.0 Å². The maximum atomic E-state index is 11.4. The van der Waals surface area contributed by atoms with Gasteiger partial charge in [-0.1, -0.05) is 12.7 Å². The van der Waals surface area contributed by atoms with E-state index in [1.165, 1.54) is 6.08 Å². The molecule has 0 aromatic rings. The van der Waals surface area contributed by atoms with Crippen LogP contribution in [0.25, 0.3) is 0 Å². The third-order valence-electron chi connectivity index (χ3n) is 3.66.